The van der Waals surface area contributed by atoms with Crippen LogP contribution in [0.15, 0.2) is 32.7 Å². The van der Waals surface area contributed by atoms with Crippen LogP contribution < -0.4 is 0 Å². The number of carbonyl (C=O) groups excluding carboxylic acids is 1. The normalized spacial score (nSPS) is 13.6. The number of nitrogens with zero attached hydrogens (tertiary/aromatic N) is 3. The molecule has 0 N–H and O–H groups in total. The van der Waals surface area contributed by atoms with E-state index in [2.05, 4.69) is 4.98 Å². The standard InChI is InChI=1S/C16H23N3O4S2/c1-10(2)14(15(20)18(3)4)24-16-17-12-9-11(7-8-13(12)23-16)25(21,22)19(5)6/h7-10,14H,1-6H3. The first-order chi connectivity index (χ1) is 11.5. The third kappa shape index (κ3) is 4.16. The molecule has 0 spiro atoms. The SMILES string of the molecule is CC(C)C(Sc1nc2cc(S(=O)(=O)N(C)C)ccc2o1)C(=O)N(C)C. The first kappa shape index (κ1) is 19.7. The number of benzene rings is 1. The molecule has 2 aromatic rings. The number of thioether (sulfide) groups is 1. The van der Waals surface area contributed by atoms with Gasteiger partial charge in [-0.25, -0.2) is 17.7 Å². The molecule has 0 aliphatic carbocycles. The average molecular weight is 386 g/mol. The van der Waals surface area contributed by atoms with E-state index in [9.17, 15) is 13.2 Å². The van der Waals surface area contributed by atoms with Crippen molar-refractivity contribution in [3.8, 4) is 0 Å². The predicted molar refractivity (Wildman–Crippen MR) is 98.1 cm³/mol. The van der Waals surface area contributed by atoms with Gasteiger partial charge < -0.3 is 9.32 Å². The molecule has 7 nitrogen and oxygen atoms in total. The lowest BCUT2D eigenvalue weighted by Gasteiger charge is -2.21. The van der Waals surface area contributed by atoms with E-state index in [1.165, 1.54) is 38.0 Å². The van der Waals surface area contributed by atoms with Gasteiger partial charge in [0.1, 0.15) is 5.52 Å². The molecular weight excluding hydrogens is 362 g/mol. The highest BCUT2D eigenvalue weighted by Gasteiger charge is 2.27. The molecule has 2 rings (SSSR count). The lowest BCUT2D eigenvalue weighted by molar-refractivity contribution is -0.128. The number of fused-ring (bicyclic) bond motifs is 1. The summed E-state index contributed by atoms with van der Waals surface area (Å²) in [5.41, 5.74) is 0.935. The Balaban J connectivity index is 2.37. The molecule has 1 heterocycles. The quantitative estimate of drug-likeness (QED) is 0.710. The molecule has 0 saturated heterocycles. The van der Waals surface area contributed by atoms with Crippen molar-refractivity contribution < 1.29 is 17.6 Å². The van der Waals surface area contributed by atoms with Crippen LogP contribution in [0.4, 0.5) is 0 Å². The second-order valence-electron chi connectivity index (χ2n) is 6.41. The van der Waals surface area contributed by atoms with Crippen molar-refractivity contribution in [3.63, 3.8) is 0 Å². The molecule has 1 aromatic carbocycles. The van der Waals surface area contributed by atoms with Gasteiger partial charge in [-0.15, -0.1) is 0 Å². The van der Waals surface area contributed by atoms with Crippen molar-refractivity contribution in [2.45, 2.75) is 29.2 Å². The molecule has 1 amide bonds. The number of aromatic nitrogens is 1. The first-order valence-corrected chi connectivity index (χ1v) is 10.1. The van der Waals surface area contributed by atoms with Crippen molar-refractivity contribution in [2.75, 3.05) is 28.2 Å². The molecule has 9 heteroatoms. The van der Waals surface area contributed by atoms with E-state index in [1.807, 2.05) is 13.8 Å². The van der Waals surface area contributed by atoms with Crippen LogP contribution in [0.1, 0.15) is 13.8 Å². The van der Waals surface area contributed by atoms with Crippen LogP contribution in [0.25, 0.3) is 11.1 Å². The minimum atomic E-state index is -3.54. The largest absolute Gasteiger partial charge is 0.431 e. The summed E-state index contributed by atoms with van der Waals surface area (Å²) in [4.78, 5) is 18.4. The molecule has 138 valence electrons. The molecule has 0 aliphatic heterocycles. The van der Waals surface area contributed by atoms with E-state index in [4.69, 9.17) is 4.42 Å². The van der Waals surface area contributed by atoms with Crippen LogP contribution >= 0.6 is 11.8 Å². The fourth-order valence-electron chi connectivity index (χ4n) is 2.14. The maximum atomic E-state index is 12.3. The Labute approximate surface area is 152 Å². The Morgan fingerprint density at radius 1 is 1.20 bits per heavy atom. The number of hydrogen-bond acceptors (Lipinski definition) is 6. The zero-order chi connectivity index (χ0) is 18.9. The number of rotatable bonds is 6. The number of sulfonamides is 1. The van der Waals surface area contributed by atoms with E-state index in [0.717, 1.165) is 4.31 Å². The average Bonchev–Trinajstić information content (AvgIpc) is 2.92. The van der Waals surface area contributed by atoms with Gasteiger partial charge in [0.25, 0.3) is 5.22 Å². The summed E-state index contributed by atoms with van der Waals surface area (Å²) in [7, 11) is 2.84. The Morgan fingerprint density at radius 3 is 2.36 bits per heavy atom. The Kier molecular flexibility index (Phi) is 5.80. The van der Waals surface area contributed by atoms with Gasteiger partial charge in [0.15, 0.2) is 5.58 Å². The van der Waals surface area contributed by atoms with Gasteiger partial charge in [-0.3, -0.25) is 4.79 Å². The summed E-state index contributed by atoms with van der Waals surface area (Å²) in [6, 6.07) is 4.56. The maximum absolute atomic E-state index is 12.3. The maximum Gasteiger partial charge on any atom is 0.257 e. The molecule has 0 saturated carbocycles. The zero-order valence-corrected chi connectivity index (χ0v) is 16.8. The smallest absolute Gasteiger partial charge is 0.257 e. The molecular formula is C16H23N3O4S2. The highest BCUT2D eigenvalue weighted by atomic mass is 32.2. The molecule has 0 aliphatic rings. The first-order valence-electron chi connectivity index (χ1n) is 7.75. The van der Waals surface area contributed by atoms with Gasteiger partial charge in [0.2, 0.25) is 15.9 Å². The monoisotopic (exact) mass is 385 g/mol. The molecule has 1 unspecified atom stereocenters. The van der Waals surface area contributed by atoms with Gasteiger partial charge in [-0.1, -0.05) is 25.6 Å². The van der Waals surface area contributed by atoms with Gasteiger partial charge in [-0.2, -0.15) is 0 Å². The number of carbonyl (C=O) groups is 1. The summed E-state index contributed by atoms with van der Waals surface area (Å²) < 4.78 is 31.3. The van der Waals surface area contributed by atoms with E-state index in [-0.39, 0.29) is 22.0 Å². The van der Waals surface area contributed by atoms with Crippen molar-refractivity contribution in [2.24, 2.45) is 5.92 Å². The minimum absolute atomic E-state index is 0.0156. The van der Waals surface area contributed by atoms with Gasteiger partial charge in [0.05, 0.1) is 10.1 Å². The van der Waals surface area contributed by atoms with Gasteiger partial charge >= 0.3 is 0 Å². The van der Waals surface area contributed by atoms with Crippen molar-refractivity contribution >= 4 is 38.8 Å². The number of hydrogen-bond donors (Lipinski definition) is 0. The fourth-order valence-corrected chi connectivity index (χ4v) is 4.15. The van der Waals surface area contributed by atoms with Crippen LogP contribution in [0.2, 0.25) is 0 Å². The Hall–Kier alpha value is -1.58. The highest BCUT2D eigenvalue weighted by Crippen LogP contribution is 2.32. The molecule has 25 heavy (non-hydrogen) atoms. The van der Waals surface area contributed by atoms with E-state index in [1.54, 1.807) is 25.1 Å². The summed E-state index contributed by atoms with van der Waals surface area (Å²) in [6.45, 7) is 3.92. The summed E-state index contributed by atoms with van der Waals surface area (Å²) >= 11 is 1.25. The predicted octanol–water partition coefficient (Wildman–Crippen LogP) is 2.28. The van der Waals surface area contributed by atoms with E-state index < -0.39 is 10.0 Å². The number of oxazole rings is 1. The fraction of sp³-hybridized carbons (Fsp3) is 0.500. The summed E-state index contributed by atoms with van der Waals surface area (Å²) in [5, 5.41) is 0.0244. The third-order valence-corrected chi connectivity index (χ3v) is 6.82. The Morgan fingerprint density at radius 2 is 1.84 bits per heavy atom. The molecule has 1 aromatic heterocycles. The Bertz CT molecular complexity index is 873. The van der Waals surface area contributed by atoms with Crippen LogP contribution in [-0.4, -0.2) is 62.0 Å². The molecule has 0 radical (unpaired) electrons. The zero-order valence-electron chi connectivity index (χ0n) is 15.2. The second kappa shape index (κ2) is 7.35. The second-order valence-corrected chi connectivity index (χ2v) is 9.66. The topological polar surface area (TPSA) is 83.7 Å². The molecule has 0 bridgehead atoms. The third-order valence-electron chi connectivity index (χ3n) is 3.64. The van der Waals surface area contributed by atoms with E-state index in [0.29, 0.717) is 16.3 Å². The van der Waals surface area contributed by atoms with Crippen LogP contribution in [0.3, 0.4) is 0 Å². The van der Waals surface area contributed by atoms with Crippen LogP contribution in [0.5, 0.6) is 0 Å². The number of amides is 1. The minimum Gasteiger partial charge on any atom is -0.431 e. The molecule has 1 atom stereocenters. The summed E-state index contributed by atoms with van der Waals surface area (Å²) in [5.74, 6) is 0.0812. The molecule has 0 fully saturated rings. The lowest BCUT2D eigenvalue weighted by Crippen LogP contribution is -2.34. The van der Waals surface area contributed by atoms with Crippen molar-refractivity contribution in [1.82, 2.24) is 14.2 Å². The van der Waals surface area contributed by atoms with Crippen molar-refractivity contribution in [1.29, 1.82) is 0 Å². The lowest BCUT2D eigenvalue weighted by atomic mass is 10.1. The summed E-state index contributed by atoms with van der Waals surface area (Å²) in [6.07, 6.45) is 0. The van der Waals surface area contributed by atoms with E-state index >= 15 is 0 Å². The van der Waals surface area contributed by atoms with Gasteiger partial charge in [0, 0.05) is 28.2 Å². The van der Waals surface area contributed by atoms with Crippen LogP contribution in [-0.2, 0) is 14.8 Å². The van der Waals surface area contributed by atoms with Crippen molar-refractivity contribution in [3.05, 3.63) is 18.2 Å². The van der Waals surface area contributed by atoms with Gasteiger partial charge in [-0.05, 0) is 24.1 Å². The van der Waals surface area contributed by atoms with Crippen LogP contribution in [0, 0.1) is 5.92 Å². The highest BCUT2D eigenvalue weighted by molar-refractivity contribution is 8.00.